The first-order valence-electron chi connectivity index (χ1n) is 5.00. The van der Waals surface area contributed by atoms with Gasteiger partial charge in [-0.15, -0.1) is 0 Å². The summed E-state index contributed by atoms with van der Waals surface area (Å²) in [5, 5.41) is 3.32. The van der Waals surface area contributed by atoms with Crippen LogP contribution in [-0.2, 0) is 0 Å². The normalized spacial score (nSPS) is 30.5. The third-order valence-corrected chi connectivity index (χ3v) is 2.42. The van der Waals surface area contributed by atoms with Crippen LogP contribution in [0.15, 0.2) is 0 Å². The van der Waals surface area contributed by atoms with Gasteiger partial charge in [0.25, 0.3) is 0 Å². The Labute approximate surface area is 71.6 Å². The second-order valence-electron chi connectivity index (χ2n) is 3.25. The van der Waals surface area contributed by atoms with Crippen LogP contribution in [-0.4, -0.2) is 13.1 Å². The van der Waals surface area contributed by atoms with Gasteiger partial charge >= 0.3 is 0 Å². The van der Waals surface area contributed by atoms with Crippen molar-refractivity contribution in [1.82, 2.24) is 5.32 Å². The topological polar surface area (TPSA) is 12.0 Å². The lowest BCUT2D eigenvalue weighted by molar-refractivity contribution is 0.319. The van der Waals surface area contributed by atoms with Crippen LogP contribution in [0, 0.1) is 5.92 Å². The summed E-state index contributed by atoms with van der Waals surface area (Å²) in [5.41, 5.74) is 0. The van der Waals surface area contributed by atoms with Crippen LogP contribution < -0.4 is 5.32 Å². The van der Waals surface area contributed by atoms with Gasteiger partial charge in [-0.1, -0.05) is 20.8 Å². The fourth-order valence-corrected chi connectivity index (χ4v) is 1.55. The molecule has 1 N–H and O–H groups in total. The van der Waals surface area contributed by atoms with E-state index in [-0.39, 0.29) is 0 Å². The van der Waals surface area contributed by atoms with Gasteiger partial charge < -0.3 is 5.32 Å². The molecule has 1 rings (SSSR count). The van der Waals surface area contributed by atoms with Crippen molar-refractivity contribution < 1.29 is 0 Å². The molecule has 1 nitrogen and oxygen atoms in total. The largest absolute Gasteiger partial charge is 0.317 e. The summed E-state index contributed by atoms with van der Waals surface area (Å²) in [4.78, 5) is 0. The van der Waals surface area contributed by atoms with Crippen LogP contribution in [0.25, 0.3) is 0 Å². The monoisotopic (exact) mass is 157 g/mol. The third-order valence-electron chi connectivity index (χ3n) is 2.42. The van der Waals surface area contributed by atoms with E-state index < -0.39 is 0 Å². The summed E-state index contributed by atoms with van der Waals surface area (Å²) < 4.78 is 0. The maximum Gasteiger partial charge on any atom is 0.00642 e. The molecule has 0 aliphatic heterocycles. The van der Waals surface area contributed by atoms with Crippen LogP contribution in [0.5, 0.6) is 0 Å². The van der Waals surface area contributed by atoms with E-state index in [0.29, 0.717) is 0 Å². The highest BCUT2D eigenvalue weighted by Crippen LogP contribution is 2.22. The Morgan fingerprint density at radius 2 is 1.45 bits per heavy atom. The summed E-state index contributed by atoms with van der Waals surface area (Å²) >= 11 is 0. The van der Waals surface area contributed by atoms with Gasteiger partial charge in [0.15, 0.2) is 0 Å². The van der Waals surface area contributed by atoms with Crippen molar-refractivity contribution in [2.75, 3.05) is 7.05 Å². The number of rotatable bonds is 1. The SMILES string of the molecule is CC.CNC1CCC(C)CC1. The molecule has 0 aromatic carbocycles. The molecule has 0 aromatic rings. The van der Waals surface area contributed by atoms with E-state index in [1.165, 1.54) is 25.7 Å². The van der Waals surface area contributed by atoms with Gasteiger partial charge in [-0.25, -0.2) is 0 Å². The minimum atomic E-state index is 0.821. The smallest absolute Gasteiger partial charge is 0.00642 e. The van der Waals surface area contributed by atoms with Gasteiger partial charge in [-0.2, -0.15) is 0 Å². The molecule has 0 atom stereocenters. The van der Waals surface area contributed by atoms with Gasteiger partial charge in [-0.3, -0.25) is 0 Å². The maximum absolute atomic E-state index is 3.32. The Hall–Kier alpha value is -0.0400. The molecular weight excluding hydrogens is 134 g/mol. The molecule has 0 bridgehead atoms. The molecule has 1 saturated carbocycles. The van der Waals surface area contributed by atoms with Crippen LogP contribution in [0.4, 0.5) is 0 Å². The minimum Gasteiger partial charge on any atom is -0.317 e. The van der Waals surface area contributed by atoms with Crippen molar-refractivity contribution in [3.8, 4) is 0 Å². The van der Waals surface area contributed by atoms with E-state index in [2.05, 4.69) is 19.3 Å². The molecule has 0 unspecified atom stereocenters. The highest BCUT2D eigenvalue weighted by Gasteiger charge is 2.15. The summed E-state index contributed by atoms with van der Waals surface area (Å²) in [6.07, 6.45) is 5.62. The van der Waals surface area contributed by atoms with E-state index in [1.54, 1.807) is 0 Å². The van der Waals surface area contributed by atoms with Crippen molar-refractivity contribution in [3.05, 3.63) is 0 Å². The molecule has 0 heterocycles. The lowest BCUT2D eigenvalue weighted by Gasteiger charge is -2.25. The van der Waals surface area contributed by atoms with Gasteiger partial charge in [-0.05, 0) is 38.6 Å². The van der Waals surface area contributed by atoms with Gasteiger partial charge in [0, 0.05) is 6.04 Å². The predicted octanol–water partition coefficient (Wildman–Crippen LogP) is 2.81. The Morgan fingerprint density at radius 3 is 1.82 bits per heavy atom. The first-order chi connectivity index (χ1) is 5.33. The molecule has 0 spiro atoms. The highest BCUT2D eigenvalue weighted by atomic mass is 14.9. The molecule has 68 valence electrons. The van der Waals surface area contributed by atoms with Crippen molar-refractivity contribution in [2.45, 2.75) is 52.5 Å². The Balaban J connectivity index is 0.000000461. The van der Waals surface area contributed by atoms with Gasteiger partial charge in [0.2, 0.25) is 0 Å². The molecule has 0 amide bonds. The molecule has 0 aromatic heterocycles. The van der Waals surface area contributed by atoms with Crippen LogP contribution in [0.3, 0.4) is 0 Å². The van der Waals surface area contributed by atoms with Crippen molar-refractivity contribution in [1.29, 1.82) is 0 Å². The molecule has 1 heteroatoms. The van der Waals surface area contributed by atoms with Crippen LogP contribution in [0.2, 0.25) is 0 Å². The summed E-state index contributed by atoms with van der Waals surface area (Å²) in [6.45, 7) is 6.35. The summed E-state index contributed by atoms with van der Waals surface area (Å²) in [5.74, 6) is 0.981. The zero-order valence-electron chi connectivity index (χ0n) is 8.48. The van der Waals surface area contributed by atoms with E-state index in [1.807, 2.05) is 13.8 Å². The first-order valence-corrected chi connectivity index (χ1v) is 5.00. The molecule has 0 saturated heterocycles. The average molecular weight is 157 g/mol. The Kier molecular flexibility index (Phi) is 6.63. The molecule has 1 aliphatic carbocycles. The Bertz CT molecular complexity index is 72.9. The second kappa shape index (κ2) is 6.66. The zero-order chi connectivity index (χ0) is 8.69. The van der Waals surface area contributed by atoms with E-state index >= 15 is 0 Å². The molecular formula is C10H23N. The van der Waals surface area contributed by atoms with E-state index in [9.17, 15) is 0 Å². The summed E-state index contributed by atoms with van der Waals surface area (Å²) in [7, 11) is 2.07. The first kappa shape index (κ1) is 11.0. The molecule has 1 fully saturated rings. The summed E-state index contributed by atoms with van der Waals surface area (Å²) in [6, 6.07) is 0.821. The molecule has 0 radical (unpaired) electrons. The fourth-order valence-electron chi connectivity index (χ4n) is 1.55. The van der Waals surface area contributed by atoms with Crippen molar-refractivity contribution in [3.63, 3.8) is 0 Å². The van der Waals surface area contributed by atoms with E-state index in [0.717, 1.165) is 12.0 Å². The quantitative estimate of drug-likeness (QED) is 0.617. The second-order valence-corrected chi connectivity index (χ2v) is 3.25. The Morgan fingerprint density at radius 1 is 1.00 bits per heavy atom. The van der Waals surface area contributed by atoms with Crippen molar-refractivity contribution >= 4 is 0 Å². The van der Waals surface area contributed by atoms with Crippen LogP contribution in [0.1, 0.15) is 46.5 Å². The van der Waals surface area contributed by atoms with Crippen LogP contribution >= 0.6 is 0 Å². The molecule has 11 heavy (non-hydrogen) atoms. The fraction of sp³-hybridized carbons (Fsp3) is 1.00. The van der Waals surface area contributed by atoms with Crippen molar-refractivity contribution in [2.24, 2.45) is 5.92 Å². The number of hydrogen-bond acceptors (Lipinski definition) is 1. The minimum absolute atomic E-state index is 0.821. The van der Waals surface area contributed by atoms with Gasteiger partial charge in [0.05, 0.1) is 0 Å². The standard InChI is InChI=1S/C8H17N.C2H6/c1-7-3-5-8(9-2)6-4-7;1-2/h7-9H,3-6H2,1-2H3;1-2H3. The highest BCUT2D eigenvalue weighted by molar-refractivity contribution is 4.73. The van der Waals surface area contributed by atoms with E-state index in [4.69, 9.17) is 0 Å². The third kappa shape index (κ3) is 4.41. The van der Waals surface area contributed by atoms with Gasteiger partial charge in [0.1, 0.15) is 0 Å². The maximum atomic E-state index is 3.32. The number of nitrogens with one attached hydrogen (secondary N) is 1. The average Bonchev–Trinajstić information content (AvgIpc) is 2.10. The predicted molar refractivity (Wildman–Crippen MR) is 51.8 cm³/mol. The molecule has 1 aliphatic rings. The lowest BCUT2D eigenvalue weighted by Crippen LogP contribution is -2.29. The zero-order valence-corrected chi connectivity index (χ0v) is 8.48. The number of hydrogen-bond donors (Lipinski definition) is 1. The lowest BCUT2D eigenvalue weighted by atomic mass is 9.87.